The summed E-state index contributed by atoms with van der Waals surface area (Å²) in [4.78, 5) is 18.1. The SMILES string of the molecule is CCC(Cc1ccc(C)cc1)(C(=O)c1ccc(N2CCNCC2)cc1)N(C)C. The van der Waals surface area contributed by atoms with Crippen LogP contribution in [0.25, 0.3) is 0 Å². The lowest BCUT2D eigenvalue weighted by molar-refractivity contribution is 0.0666. The highest BCUT2D eigenvalue weighted by molar-refractivity contribution is 6.03. The van der Waals surface area contributed by atoms with Crippen molar-refractivity contribution in [1.82, 2.24) is 10.2 Å². The molecule has 1 fully saturated rings. The van der Waals surface area contributed by atoms with E-state index >= 15 is 0 Å². The number of carbonyl (C=O) groups is 1. The van der Waals surface area contributed by atoms with Crippen LogP contribution in [-0.4, -0.2) is 56.5 Å². The van der Waals surface area contributed by atoms with Crippen LogP contribution in [0.1, 0.15) is 34.8 Å². The Morgan fingerprint density at radius 2 is 1.64 bits per heavy atom. The molecule has 0 saturated carbocycles. The standard InChI is InChI=1S/C24H33N3O/c1-5-24(26(3)4,18-20-8-6-19(2)7-9-20)23(28)21-10-12-22(13-11-21)27-16-14-25-15-17-27/h6-13,25H,5,14-18H2,1-4H3. The molecule has 28 heavy (non-hydrogen) atoms. The van der Waals surface area contributed by atoms with E-state index < -0.39 is 5.54 Å². The van der Waals surface area contributed by atoms with Gasteiger partial charge in [0, 0.05) is 37.4 Å². The maximum Gasteiger partial charge on any atom is 0.183 e. The number of carbonyl (C=O) groups excluding carboxylic acids is 1. The van der Waals surface area contributed by atoms with Crippen LogP contribution in [0.3, 0.4) is 0 Å². The Hall–Kier alpha value is -2.17. The zero-order chi connectivity index (χ0) is 20.1. The minimum Gasteiger partial charge on any atom is -0.369 e. The van der Waals surface area contributed by atoms with Crippen molar-refractivity contribution in [1.29, 1.82) is 0 Å². The summed E-state index contributed by atoms with van der Waals surface area (Å²) in [5.41, 5.74) is 3.90. The van der Waals surface area contributed by atoms with E-state index in [1.165, 1.54) is 16.8 Å². The Kier molecular flexibility index (Phi) is 6.53. The average molecular weight is 380 g/mol. The monoisotopic (exact) mass is 379 g/mol. The second-order valence-corrected chi connectivity index (χ2v) is 8.05. The van der Waals surface area contributed by atoms with Crippen LogP contribution < -0.4 is 10.2 Å². The summed E-state index contributed by atoms with van der Waals surface area (Å²) in [6, 6.07) is 16.7. The number of nitrogens with one attached hydrogen (secondary N) is 1. The molecule has 0 aliphatic carbocycles. The van der Waals surface area contributed by atoms with Crippen LogP contribution in [-0.2, 0) is 6.42 Å². The van der Waals surface area contributed by atoms with Gasteiger partial charge in [-0.1, -0.05) is 36.8 Å². The number of aryl methyl sites for hydroxylation is 1. The lowest BCUT2D eigenvalue weighted by atomic mass is 9.80. The molecule has 1 aliphatic rings. The molecule has 1 saturated heterocycles. The second-order valence-electron chi connectivity index (χ2n) is 8.05. The van der Waals surface area contributed by atoms with Gasteiger partial charge in [-0.05, 0) is 63.7 Å². The number of anilines is 1. The predicted molar refractivity (Wildman–Crippen MR) is 117 cm³/mol. The van der Waals surface area contributed by atoms with Gasteiger partial charge >= 0.3 is 0 Å². The lowest BCUT2D eigenvalue weighted by Gasteiger charge is -2.38. The number of hydrogen-bond acceptors (Lipinski definition) is 4. The zero-order valence-corrected chi connectivity index (χ0v) is 17.7. The summed E-state index contributed by atoms with van der Waals surface area (Å²) in [5.74, 6) is 0.201. The molecule has 1 N–H and O–H groups in total. The molecule has 1 unspecified atom stereocenters. The van der Waals surface area contributed by atoms with Gasteiger partial charge in [0.25, 0.3) is 0 Å². The molecule has 0 spiro atoms. The van der Waals surface area contributed by atoms with Crippen molar-refractivity contribution in [3.63, 3.8) is 0 Å². The quantitative estimate of drug-likeness (QED) is 0.747. The summed E-state index contributed by atoms with van der Waals surface area (Å²) in [7, 11) is 4.04. The molecule has 4 heteroatoms. The fraction of sp³-hybridized carbons (Fsp3) is 0.458. The van der Waals surface area contributed by atoms with Crippen molar-refractivity contribution < 1.29 is 4.79 Å². The average Bonchev–Trinajstić information content (AvgIpc) is 2.73. The van der Waals surface area contributed by atoms with Gasteiger partial charge < -0.3 is 10.2 Å². The van der Waals surface area contributed by atoms with Crippen molar-refractivity contribution in [2.75, 3.05) is 45.2 Å². The number of likely N-dealkylation sites (N-methyl/N-ethyl adjacent to an activating group) is 1. The van der Waals surface area contributed by atoms with Crippen LogP contribution in [0.5, 0.6) is 0 Å². The maximum atomic E-state index is 13.6. The number of benzene rings is 2. The van der Waals surface area contributed by atoms with Gasteiger partial charge in [-0.3, -0.25) is 9.69 Å². The largest absolute Gasteiger partial charge is 0.369 e. The van der Waals surface area contributed by atoms with Crippen LogP contribution >= 0.6 is 0 Å². The van der Waals surface area contributed by atoms with Crippen LogP contribution in [0.15, 0.2) is 48.5 Å². The van der Waals surface area contributed by atoms with Crippen molar-refractivity contribution in [3.05, 3.63) is 65.2 Å². The minimum absolute atomic E-state index is 0.201. The normalized spacial score (nSPS) is 16.8. The van der Waals surface area contributed by atoms with Crippen LogP contribution in [0, 0.1) is 6.92 Å². The Morgan fingerprint density at radius 3 is 2.18 bits per heavy atom. The van der Waals surface area contributed by atoms with E-state index in [1.54, 1.807) is 0 Å². The lowest BCUT2D eigenvalue weighted by Crippen LogP contribution is -2.52. The van der Waals surface area contributed by atoms with E-state index in [1.807, 2.05) is 26.2 Å². The van der Waals surface area contributed by atoms with E-state index in [9.17, 15) is 4.79 Å². The van der Waals surface area contributed by atoms with Crippen molar-refractivity contribution in [2.45, 2.75) is 32.2 Å². The Labute approximate surface area is 169 Å². The molecule has 4 nitrogen and oxygen atoms in total. The van der Waals surface area contributed by atoms with Crippen LogP contribution in [0.2, 0.25) is 0 Å². The smallest absolute Gasteiger partial charge is 0.183 e. The summed E-state index contributed by atoms with van der Waals surface area (Å²) >= 11 is 0. The molecule has 2 aromatic rings. The first-order chi connectivity index (χ1) is 13.5. The van der Waals surface area contributed by atoms with Crippen LogP contribution in [0.4, 0.5) is 5.69 Å². The van der Waals surface area contributed by atoms with E-state index in [0.717, 1.165) is 44.6 Å². The van der Waals surface area contributed by atoms with Crippen molar-refractivity contribution in [2.24, 2.45) is 0 Å². The Balaban J connectivity index is 1.85. The number of Topliss-reactive ketones (excluding diaryl/α,β-unsaturated/α-hetero) is 1. The molecular weight excluding hydrogens is 346 g/mol. The molecule has 0 radical (unpaired) electrons. The first-order valence-electron chi connectivity index (χ1n) is 10.3. The molecule has 3 rings (SSSR count). The molecule has 2 aromatic carbocycles. The number of rotatable bonds is 7. The number of hydrogen-bond donors (Lipinski definition) is 1. The summed E-state index contributed by atoms with van der Waals surface area (Å²) in [5, 5.41) is 3.38. The fourth-order valence-electron chi connectivity index (χ4n) is 4.10. The first-order valence-corrected chi connectivity index (χ1v) is 10.3. The summed E-state index contributed by atoms with van der Waals surface area (Å²) in [6.07, 6.45) is 1.49. The molecule has 0 amide bonds. The molecular formula is C24H33N3O. The molecule has 1 aliphatic heterocycles. The molecule has 1 atom stereocenters. The third-order valence-corrected chi connectivity index (χ3v) is 6.09. The van der Waals surface area contributed by atoms with Gasteiger partial charge in [-0.2, -0.15) is 0 Å². The highest BCUT2D eigenvalue weighted by Gasteiger charge is 2.39. The number of piperazine rings is 1. The zero-order valence-electron chi connectivity index (χ0n) is 17.7. The Morgan fingerprint density at radius 1 is 1.04 bits per heavy atom. The summed E-state index contributed by atoms with van der Waals surface area (Å²) in [6.45, 7) is 8.25. The molecule has 0 bridgehead atoms. The third kappa shape index (κ3) is 4.29. The number of nitrogens with zero attached hydrogens (tertiary/aromatic N) is 2. The van der Waals surface area contributed by atoms with Gasteiger partial charge in [0.2, 0.25) is 0 Å². The summed E-state index contributed by atoms with van der Waals surface area (Å²) < 4.78 is 0. The van der Waals surface area contributed by atoms with E-state index in [-0.39, 0.29) is 5.78 Å². The topological polar surface area (TPSA) is 35.6 Å². The first kappa shape index (κ1) is 20.6. The van der Waals surface area contributed by atoms with Gasteiger partial charge in [-0.25, -0.2) is 0 Å². The third-order valence-electron chi connectivity index (χ3n) is 6.09. The highest BCUT2D eigenvalue weighted by atomic mass is 16.1. The second kappa shape index (κ2) is 8.89. The Bertz CT molecular complexity index is 777. The van der Waals surface area contributed by atoms with Crippen molar-refractivity contribution in [3.8, 4) is 0 Å². The van der Waals surface area contributed by atoms with Gasteiger partial charge in [0.1, 0.15) is 0 Å². The number of ketones is 1. The van der Waals surface area contributed by atoms with E-state index in [2.05, 4.69) is 65.4 Å². The maximum absolute atomic E-state index is 13.6. The minimum atomic E-state index is -0.536. The van der Waals surface area contributed by atoms with Crippen molar-refractivity contribution >= 4 is 11.5 Å². The molecule has 150 valence electrons. The van der Waals surface area contributed by atoms with E-state index in [0.29, 0.717) is 0 Å². The van der Waals surface area contributed by atoms with Gasteiger partial charge in [0.15, 0.2) is 5.78 Å². The van der Waals surface area contributed by atoms with E-state index in [4.69, 9.17) is 0 Å². The van der Waals surface area contributed by atoms with Gasteiger partial charge in [0.05, 0.1) is 5.54 Å². The fourth-order valence-corrected chi connectivity index (χ4v) is 4.10. The predicted octanol–water partition coefficient (Wildman–Crippen LogP) is 3.54. The molecule has 0 aromatic heterocycles. The van der Waals surface area contributed by atoms with Gasteiger partial charge in [-0.15, -0.1) is 0 Å². The molecule has 1 heterocycles. The highest BCUT2D eigenvalue weighted by Crippen LogP contribution is 2.29.